The smallest absolute Gasteiger partial charge is 0.146 e. The minimum Gasteiger partial charge on any atom is -0.493 e. The molecule has 0 aliphatic rings. The molecule has 0 atom stereocenters. The lowest BCUT2D eigenvalue weighted by Gasteiger charge is -2.17. The predicted molar refractivity (Wildman–Crippen MR) is 88.6 cm³/mol. The molecule has 0 bridgehead atoms. The van der Waals surface area contributed by atoms with Crippen LogP contribution in [0.3, 0.4) is 0 Å². The predicted octanol–water partition coefficient (Wildman–Crippen LogP) is 5.44. The summed E-state index contributed by atoms with van der Waals surface area (Å²) in [5.74, 6) is 1.53. The van der Waals surface area contributed by atoms with Crippen LogP contribution in [0.15, 0.2) is 30.3 Å². The maximum atomic E-state index is 6.35. The Labute approximate surface area is 133 Å². The normalized spacial score (nSPS) is 11.1. The molecule has 0 heterocycles. The zero-order valence-electron chi connectivity index (χ0n) is 11.7. The summed E-state index contributed by atoms with van der Waals surface area (Å²) in [6, 6.07) is 9.86. The van der Waals surface area contributed by atoms with Crippen molar-refractivity contribution in [3.63, 3.8) is 0 Å². The van der Waals surface area contributed by atoms with Gasteiger partial charge in [-0.3, -0.25) is 0 Å². The van der Waals surface area contributed by atoms with E-state index in [0.717, 1.165) is 34.0 Å². The molecule has 108 valence electrons. The van der Waals surface area contributed by atoms with Gasteiger partial charge >= 0.3 is 0 Å². The van der Waals surface area contributed by atoms with E-state index >= 15 is 0 Å². The number of halogens is 2. The monoisotopic (exact) mass is 356 g/mol. The molecular formula is C16H18BrClO2. The summed E-state index contributed by atoms with van der Waals surface area (Å²) in [5.41, 5.74) is 0. The highest BCUT2D eigenvalue weighted by Gasteiger charge is 2.13. The molecule has 0 aliphatic heterocycles. The Balaban J connectivity index is 2.45. The number of ether oxygens (including phenoxy) is 2. The van der Waals surface area contributed by atoms with Gasteiger partial charge in [0.15, 0.2) is 0 Å². The molecular weight excluding hydrogens is 340 g/mol. The molecule has 0 fully saturated rings. The third kappa shape index (κ3) is 3.58. The van der Waals surface area contributed by atoms with E-state index in [1.807, 2.05) is 44.2 Å². The molecule has 0 amide bonds. The molecule has 2 aromatic carbocycles. The van der Waals surface area contributed by atoms with Crippen molar-refractivity contribution in [1.82, 2.24) is 0 Å². The summed E-state index contributed by atoms with van der Waals surface area (Å²) in [4.78, 5) is 0. The Morgan fingerprint density at radius 1 is 1.20 bits per heavy atom. The van der Waals surface area contributed by atoms with Crippen molar-refractivity contribution in [2.45, 2.75) is 26.4 Å². The Morgan fingerprint density at radius 3 is 2.55 bits per heavy atom. The molecule has 0 N–H and O–H groups in total. The summed E-state index contributed by atoms with van der Waals surface area (Å²) in [7, 11) is 0. The van der Waals surface area contributed by atoms with Crippen molar-refractivity contribution in [3.8, 4) is 11.5 Å². The summed E-state index contributed by atoms with van der Waals surface area (Å²) in [6.45, 7) is 4.65. The molecule has 20 heavy (non-hydrogen) atoms. The standard InChI is InChI=1S/C16H18BrClO2/c1-11(2)20-16-13-7-4-3-6-12(13)15(10-14(16)18)19-9-5-8-17/h3-4,6-7,10-11H,5,8-9H2,1-2H3. The van der Waals surface area contributed by atoms with Crippen LogP contribution in [0.25, 0.3) is 10.8 Å². The maximum absolute atomic E-state index is 6.35. The third-order valence-corrected chi connectivity index (χ3v) is 3.64. The van der Waals surface area contributed by atoms with E-state index in [9.17, 15) is 0 Å². The van der Waals surface area contributed by atoms with E-state index in [1.54, 1.807) is 0 Å². The average molecular weight is 358 g/mol. The molecule has 2 rings (SSSR count). The van der Waals surface area contributed by atoms with Gasteiger partial charge in [-0.05, 0) is 20.3 Å². The van der Waals surface area contributed by atoms with Gasteiger partial charge in [0.25, 0.3) is 0 Å². The second-order valence-corrected chi connectivity index (χ2v) is 5.99. The summed E-state index contributed by atoms with van der Waals surface area (Å²) in [6.07, 6.45) is 1.03. The van der Waals surface area contributed by atoms with Gasteiger partial charge in [0.05, 0.1) is 17.7 Å². The summed E-state index contributed by atoms with van der Waals surface area (Å²) in [5, 5.41) is 3.53. The van der Waals surface area contributed by atoms with Crippen LogP contribution in [0.4, 0.5) is 0 Å². The first-order valence-electron chi connectivity index (χ1n) is 6.70. The van der Waals surface area contributed by atoms with E-state index in [0.29, 0.717) is 11.6 Å². The minimum absolute atomic E-state index is 0.0797. The Bertz CT molecular complexity index is 584. The largest absolute Gasteiger partial charge is 0.493 e. The highest BCUT2D eigenvalue weighted by molar-refractivity contribution is 9.09. The fourth-order valence-electron chi connectivity index (χ4n) is 1.99. The first-order valence-corrected chi connectivity index (χ1v) is 8.20. The molecule has 0 aliphatic carbocycles. The average Bonchev–Trinajstić information content (AvgIpc) is 2.43. The fourth-order valence-corrected chi connectivity index (χ4v) is 2.47. The third-order valence-electron chi connectivity index (χ3n) is 2.80. The zero-order valence-corrected chi connectivity index (χ0v) is 14.0. The van der Waals surface area contributed by atoms with Gasteiger partial charge in [0, 0.05) is 22.2 Å². The van der Waals surface area contributed by atoms with Gasteiger partial charge in [0.2, 0.25) is 0 Å². The molecule has 0 spiro atoms. The van der Waals surface area contributed by atoms with Gasteiger partial charge in [-0.2, -0.15) is 0 Å². The van der Waals surface area contributed by atoms with E-state index in [2.05, 4.69) is 15.9 Å². The topological polar surface area (TPSA) is 18.5 Å². The van der Waals surface area contributed by atoms with Gasteiger partial charge in [-0.25, -0.2) is 0 Å². The second-order valence-electron chi connectivity index (χ2n) is 4.79. The van der Waals surface area contributed by atoms with E-state index < -0.39 is 0 Å². The lowest BCUT2D eigenvalue weighted by molar-refractivity contribution is 0.245. The van der Waals surface area contributed by atoms with Crippen molar-refractivity contribution in [3.05, 3.63) is 35.4 Å². The molecule has 0 saturated heterocycles. The molecule has 0 unspecified atom stereocenters. The minimum atomic E-state index is 0.0797. The number of rotatable bonds is 6. The Hall–Kier alpha value is -0.930. The Morgan fingerprint density at radius 2 is 1.90 bits per heavy atom. The van der Waals surface area contributed by atoms with Gasteiger partial charge in [-0.1, -0.05) is 51.8 Å². The molecule has 0 radical (unpaired) electrons. The zero-order chi connectivity index (χ0) is 14.5. The van der Waals surface area contributed by atoms with Crippen LogP contribution < -0.4 is 9.47 Å². The lowest BCUT2D eigenvalue weighted by Crippen LogP contribution is -2.07. The van der Waals surface area contributed by atoms with Gasteiger partial charge in [0.1, 0.15) is 11.5 Å². The maximum Gasteiger partial charge on any atom is 0.146 e. The van der Waals surface area contributed by atoms with Gasteiger partial charge in [-0.15, -0.1) is 0 Å². The number of benzene rings is 2. The first kappa shape index (κ1) is 15.5. The molecule has 4 heteroatoms. The summed E-state index contributed by atoms with van der Waals surface area (Å²) >= 11 is 9.75. The highest BCUT2D eigenvalue weighted by atomic mass is 79.9. The highest BCUT2D eigenvalue weighted by Crippen LogP contribution is 2.40. The van der Waals surface area contributed by atoms with Crippen LogP contribution in [0.2, 0.25) is 5.02 Å². The van der Waals surface area contributed by atoms with Crippen LogP contribution in [0.5, 0.6) is 11.5 Å². The van der Waals surface area contributed by atoms with Crippen molar-refractivity contribution in [2.75, 3.05) is 11.9 Å². The van der Waals surface area contributed by atoms with Crippen molar-refractivity contribution >= 4 is 38.3 Å². The van der Waals surface area contributed by atoms with Crippen LogP contribution in [0, 0.1) is 0 Å². The van der Waals surface area contributed by atoms with Gasteiger partial charge < -0.3 is 9.47 Å². The van der Waals surface area contributed by atoms with Crippen LogP contribution in [-0.4, -0.2) is 18.0 Å². The molecule has 0 saturated carbocycles. The van der Waals surface area contributed by atoms with Crippen molar-refractivity contribution in [1.29, 1.82) is 0 Å². The second kappa shape index (κ2) is 7.19. The van der Waals surface area contributed by atoms with E-state index in [-0.39, 0.29) is 6.10 Å². The molecule has 0 aromatic heterocycles. The number of hydrogen-bond donors (Lipinski definition) is 0. The van der Waals surface area contributed by atoms with E-state index in [4.69, 9.17) is 21.1 Å². The summed E-state index contributed by atoms with van der Waals surface area (Å²) < 4.78 is 11.7. The number of fused-ring (bicyclic) bond motifs is 1. The van der Waals surface area contributed by atoms with Crippen LogP contribution in [0.1, 0.15) is 20.3 Å². The molecule has 2 aromatic rings. The van der Waals surface area contributed by atoms with Crippen molar-refractivity contribution < 1.29 is 9.47 Å². The molecule has 2 nitrogen and oxygen atoms in total. The Kier molecular flexibility index (Phi) is 5.55. The van der Waals surface area contributed by atoms with Crippen LogP contribution in [-0.2, 0) is 0 Å². The lowest BCUT2D eigenvalue weighted by atomic mass is 10.1. The number of hydrogen-bond acceptors (Lipinski definition) is 2. The first-order chi connectivity index (χ1) is 9.63. The SMILES string of the molecule is CC(C)Oc1c(Cl)cc(OCCCBr)c2ccccc12. The van der Waals surface area contributed by atoms with Crippen LogP contribution >= 0.6 is 27.5 Å². The fraction of sp³-hybridized carbons (Fsp3) is 0.375. The van der Waals surface area contributed by atoms with Crippen molar-refractivity contribution in [2.24, 2.45) is 0 Å². The quantitative estimate of drug-likeness (QED) is 0.506. The number of alkyl halides is 1. The van der Waals surface area contributed by atoms with E-state index in [1.165, 1.54) is 0 Å².